The minimum atomic E-state index is 0. The van der Waals surface area contributed by atoms with E-state index < -0.39 is 0 Å². The van der Waals surface area contributed by atoms with Gasteiger partial charge in [0.05, 0.1) is 6.54 Å². The molecule has 1 aliphatic heterocycles. The van der Waals surface area contributed by atoms with E-state index >= 15 is 0 Å². The fraction of sp³-hybridized carbons (Fsp3) is 0.929. The Morgan fingerprint density at radius 1 is 1.42 bits per heavy atom. The quantitative estimate of drug-likeness (QED) is 0.446. The molecular weight excluding hydrogens is 369 g/mol. The zero-order chi connectivity index (χ0) is 13.8. The van der Waals surface area contributed by atoms with Crippen LogP contribution in [0.25, 0.3) is 0 Å². The normalized spacial score (nSPS) is 19.3. The lowest BCUT2D eigenvalue weighted by Crippen LogP contribution is -2.41. The third kappa shape index (κ3) is 6.56. The van der Waals surface area contributed by atoms with Gasteiger partial charge in [-0.3, -0.25) is 4.99 Å². The molecule has 0 unspecified atom stereocenters. The van der Waals surface area contributed by atoms with Crippen molar-refractivity contribution in [3.05, 3.63) is 0 Å². The van der Waals surface area contributed by atoms with E-state index in [0.717, 1.165) is 32.1 Å². The predicted octanol–water partition coefficient (Wildman–Crippen LogP) is 3.44. The average molecular weight is 399 g/mol. The van der Waals surface area contributed by atoms with Gasteiger partial charge in [-0.2, -0.15) is 11.8 Å². The van der Waals surface area contributed by atoms with Crippen LogP contribution in [0.3, 0.4) is 0 Å². The van der Waals surface area contributed by atoms with E-state index in [-0.39, 0.29) is 28.7 Å². The molecule has 1 fully saturated rings. The summed E-state index contributed by atoms with van der Waals surface area (Å²) in [6.07, 6.45) is 3.41. The minimum absolute atomic E-state index is 0. The van der Waals surface area contributed by atoms with E-state index in [2.05, 4.69) is 51.1 Å². The topological polar surface area (TPSA) is 27.6 Å². The number of likely N-dealkylation sites (tertiary alicyclic amines) is 1. The highest BCUT2D eigenvalue weighted by molar-refractivity contribution is 14.0. The summed E-state index contributed by atoms with van der Waals surface area (Å²) in [4.78, 5) is 7.22. The molecule has 3 nitrogen and oxygen atoms in total. The van der Waals surface area contributed by atoms with Gasteiger partial charge in [0, 0.05) is 24.4 Å². The molecule has 1 N–H and O–H groups in total. The smallest absolute Gasteiger partial charge is 0.193 e. The maximum absolute atomic E-state index is 4.81. The van der Waals surface area contributed by atoms with Gasteiger partial charge in [0.1, 0.15) is 0 Å². The highest BCUT2D eigenvalue weighted by atomic mass is 127. The van der Waals surface area contributed by atoms with E-state index in [1.54, 1.807) is 0 Å². The number of aliphatic imine (C=N–C) groups is 1. The van der Waals surface area contributed by atoms with E-state index in [1.807, 2.05) is 11.8 Å². The summed E-state index contributed by atoms with van der Waals surface area (Å²) in [6, 6.07) is 0. The van der Waals surface area contributed by atoms with Crippen LogP contribution < -0.4 is 5.32 Å². The Hall–Kier alpha value is 0.350. The molecule has 0 aromatic heterocycles. The Kier molecular flexibility index (Phi) is 8.10. The number of guanidine groups is 1. The van der Waals surface area contributed by atoms with Gasteiger partial charge in [-0.1, -0.05) is 13.8 Å². The first-order valence-electron chi connectivity index (χ1n) is 6.88. The Morgan fingerprint density at radius 2 is 2.05 bits per heavy atom. The van der Waals surface area contributed by atoms with Crippen LogP contribution in [0.2, 0.25) is 0 Å². The molecule has 0 amide bonds. The number of rotatable bonds is 4. The van der Waals surface area contributed by atoms with Crippen molar-refractivity contribution in [1.29, 1.82) is 0 Å². The van der Waals surface area contributed by atoms with Crippen molar-refractivity contribution in [2.45, 2.75) is 45.8 Å². The van der Waals surface area contributed by atoms with Crippen molar-refractivity contribution in [3.63, 3.8) is 0 Å². The molecule has 1 saturated heterocycles. The third-order valence-electron chi connectivity index (χ3n) is 3.47. The van der Waals surface area contributed by atoms with Gasteiger partial charge < -0.3 is 10.2 Å². The fourth-order valence-corrected chi connectivity index (χ4v) is 2.24. The second-order valence-corrected chi connectivity index (χ2v) is 7.98. The first-order valence-corrected chi connectivity index (χ1v) is 8.10. The maximum Gasteiger partial charge on any atom is 0.193 e. The number of hydrogen-bond acceptors (Lipinski definition) is 2. The minimum Gasteiger partial charge on any atom is -0.357 e. The van der Waals surface area contributed by atoms with Gasteiger partial charge >= 0.3 is 0 Å². The lowest BCUT2D eigenvalue weighted by Gasteiger charge is -2.26. The lowest BCUT2D eigenvalue weighted by atomic mass is 9.93. The molecule has 0 atom stereocenters. The van der Waals surface area contributed by atoms with Crippen LogP contribution in [0, 0.1) is 5.41 Å². The van der Waals surface area contributed by atoms with Crippen molar-refractivity contribution >= 4 is 41.7 Å². The first-order chi connectivity index (χ1) is 8.29. The SMILES string of the molecule is CCNC(=NCC(C)(C)SC)N1CCC(C)(C)C1.I. The molecule has 5 heteroatoms. The fourth-order valence-electron chi connectivity index (χ4n) is 2.05. The van der Waals surface area contributed by atoms with Gasteiger partial charge in [-0.05, 0) is 38.9 Å². The number of nitrogens with zero attached hydrogens (tertiary/aromatic N) is 2. The number of halogens is 1. The summed E-state index contributed by atoms with van der Waals surface area (Å²) < 4.78 is 0.218. The maximum atomic E-state index is 4.81. The summed E-state index contributed by atoms with van der Waals surface area (Å²) in [7, 11) is 0. The van der Waals surface area contributed by atoms with Crippen LogP contribution in [0.5, 0.6) is 0 Å². The number of nitrogens with one attached hydrogen (secondary N) is 1. The highest BCUT2D eigenvalue weighted by Gasteiger charge is 2.31. The van der Waals surface area contributed by atoms with E-state index in [1.165, 1.54) is 6.42 Å². The predicted molar refractivity (Wildman–Crippen MR) is 99.0 cm³/mol. The van der Waals surface area contributed by atoms with E-state index in [4.69, 9.17) is 4.99 Å². The zero-order valence-electron chi connectivity index (χ0n) is 13.2. The Bertz CT molecular complexity index is 303. The van der Waals surface area contributed by atoms with Crippen LogP contribution in [-0.2, 0) is 0 Å². The molecule has 1 heterocycles. The molecule has 19 heavy (non-hydrogen) atoms. The third-order valence-corrected chi connectivity index (χ3v) is 4.71. The molecule has 0 aromatic carbocycles. The molecule has 0 aromatic rings. The lowest BCUT2D eigenvalue weighted by molar-refractivity contribution is 0.370. The molecule has 0 saturated carbocycles. The first kappa shape index (κ1) is 19.4. The highest BCUT2D eigenvalue weighted by Crippen LogP contribution is 2.29. The van der Waals surface area contributed by atoms with Crippen molar-refractivity contribution in [3.8, 4) is 0 Å². The molecular formula is C14H30IN3S. The van der Waals surface area contributed by atoms with E-state index in [0.29, 0.717) is 5.41 Å². The molecule has 0 radical (unpaired) electrons. The van der Waals surface area contributed by atoms with Crippen LogP contribution in [0.1, 0.15) is 41.0 Å². The second-order valence-electron chi connectivity index (χ2n) is 6.47. The largest absolute Gasteiger partial charge is 0.357 e. The van der Waals surface area contributed by atoms with Crippen molar-refractivity contribution in [1.82, 2.24) is 10.2 Å². The molecule has 1 aliphatic rings. The van der Waals surface area contributed by atoms with Crippen molar-refractivity contribution in [2.75, 3.05) is 32.4 Å². The average Bonchev–Trinajstić information content (AvgIpc) is 2.65. The summed E-state index contributed by atoms with van der Waals surface area (Å²) in [5, 5.41) is 3.43. The Balaban J connectivity index is 0.00000324. The van der Waals surface area contributed by atoms with Gasteiger partial charge in [0.25, 0.3) is 0 Å². The standard InChI is InChI=1S/C14H29N3S.HI/c1-7-15-12(16-10-14(4,5)18-6)17-9-8-13(2,3)11-17;/h7-11H2,1-6H3,(H,15,16);1H. The molecule has 0 spiro atoms. The summed E-state index contributed by atoms with van der Waals surface area (Å²) in [6.45, 7) is 15.3. The molecule has 0 bridgehead atoms. The summed E-state index contributed by atoms with van der Waals surface area (Å²) in [5.41, 5.74) is 0.422. The number of hydrogen-bond donors (Lipinski definition) is 1. The van der Waals surface area contributed by atoms with Crippen LogP contribution in [0.4, 0.5) is 0 Å². The Labute approximate surface area is 140 Å². The van der Waals surface area contributed by atoms with Gasteiger partial charge in [-0.25, -0.2) is 0 Å². The zero-order valence-corrected chi connectivity index (χ0v) is 16.4. The van der Waals surface area contributed by atoms with Crippen LogP contribution in [-0.4, -0.2) is 48.0 Å². The second kappa shape index (κ2) is 7.96. The molecule has 114 valence electrons. The number of thioether (sulfide) groups is 1. The van der Waals surface area contributed by atoms with Crippen molar-refractivity contribution in [2.24, 2.45) is 10.4 Å². The summed E-state index contributed by atoms with van der Waals surface area (Å²) in [5.74, 6) is 1.09. The monoisotopic (exact) mass is 399 g/mol. The van der Waals surface area contributed by atoms with Crippen molar-refractivity contribution < 1.29 is 0 Å². The summed E-state index contributed by atoms with van der Waals surface area (Å²) >= 11 is 1.88. The Morgan fingerprint density at radius 3 is 2.47 bits per heavy atom. The van der Waals surface area contributed by atoms with E-state index in [9.17, 15) is 0 Å². The van der Waals surface area contributed by atoms with Gasteiger partial charge in [-0.15, -0.1) is 24.0 Å². The van der Waals surface area contributed by atoms with Gasteiger partial charge in [0.2, 0.25) is 0 Å². The van der Waals surface area contributed by atoms with Gasteiger partial charge in [0.15, 0.2) is 5.96 Å². The molecule has 1 rings (SSSR count). The van der Waals surface area contributed by atoms with Crippen LogP contribution in [0.15, 0.2) is 4.99 Å². The molecule has 0 aliphatic carbocycles. The van der Waals surface area contributed by atoms with Crippen LogP contribution >= 0.6 is 35.7 Å².